The van der Waals surface area contributed by atoms with Gasteiger partial charge in [-0.1, -0.05) is 13.3 Å². The summed E-state index contributed by atoms with van der Waals surface area (Å²) in [6, 6.07) is 0.662. The van der Waals surface area contributed by atoms with Gasteiger partial charge in [0.2, 0.25) is 0 Å². The van der Waals surface area contributed by atoms with Gasteiger partial charge in [-0.2, -0.15) is 0 Å². The molecule has 2 aliphatic rings. The van der Waals surface area contributed by atoms with Crippen molar-refractivity contribution in [3.8, 4) is 0 Å². The molecular formula is C16H29NO4. The molecule has 0 aliphatic carbocycles. The number of carboxylic acids is 1. The number of hydrogen-bond acceptors (Lipinski definition) is 4. The third-order valence-electron chi connectivity index (χ3n) is 4.61. The van der Waals surface area contributed by atoms with Crippen LogP contribution in [0.2, 0.25) is 0 Å². The fraction of sp³-hybridized carbons (Fsp3) is 0.938. The zero-order valence-electron chi connectivity index (χ0n) is 13.1. The predicted octanol–water partition coefficient (Wildman–Crippen LogP) is 2.29. The van der Waals surface area contributed by atoms with Gasteiger partial charge in [0, 0.05) is 25.7 Å². The minimum absolute atomic E-state index is 0.110. The number of hydrogen-bond donors (Lipinski definition) is 1. The average Bonchev–Trinajstić information content (AvgIpc) is 2.48. The largest absolute Gasteiger partial charge is 0.481 e. The van der Waals surface area contributed by atoms with Gasteiger partial charge in [-0.05, 0) is 32.1 Å². The first-order valence-electron chi connectivity index (χ1n) is 8.38. The van der Waals surface area contributed by atoms with Crippen molar-refractivity contribution in [2.75, 3.05) is 26.3 Å². The van der Waals surface area contributed by atoms with Crippen molar-refractivity contribution in [1.82, 2.24) is 4.90 Å². The molecule has 0 bridgehead atoms. The highest BCUT2D eigenvalue weighted by atomic mass is 16.5. The SMILES string of the molecule is CCCC1CC(N2CCC(OCCC(=O)O)CC2)CCO1. The number of aliphatic carboxylic acids is 1. The molecule has 1 N–H and O–H groups in total. The number of likely N-dealkylation sites (tertiary alicyclic amines) is 1. The van der Waals surface area contributed by atoms with Crippen LogP contribution in [0.3, 0.4) is 0 Å². The summed E-state index contributed by atoms with van der Waals surface area (Å²) >= 11 is 0. The first kappa shape index (κ1) is 16.7. The van der Waals surface area contributed by atoms with Gasteiger partial charge in [0.1, 0.15) is 0 Å². The summed E-state index contributed by atoms with van der Waals surface area (Å²) in [6.07, 6.45) is 7.51. The maximum atomic E-state index is 10.5. The fourth-order valence-electron chi connectivity index (χ4n) is 3.44. The van der Waals surface area contributed by atoms with Gasteiger partial charge >= 0.3 is 5.97 Å². The summed E-state index contributed by atoms with van der Waals surface area (Å²) in [5, 5.41) is 8.62. The van der Waals surface area contributed by atoms with E-state index in [1.807, 2.05) is 0 Å². The van der Waals surface area contributed by atoms with E-state index in [-0.39, 0.29) is 12.5 Å². The molecule has 2 unspecified atom stereocenters. The molecular weight excluding hydrogens is 270 g/mol. The minimum atomic E-state index is -0.781. The minimum Gasteiger partial charge on any atom is -0.481 e. The summed E-state index contributed by atoms with van der Waals surface area (Å²) in [5.41, 5.74) is 0. The van der Waals surface area contributed by atoms with Gasteiger partial charge in [-0.15, -0.1) is 0 Å². The highest BCUT2D eigenvalue weighted by molar-refractivity contribution is 5.66. The van der Waals surface area contributed by atoms with E-state index in [1.165, 1.54) is 19.3 Å². The monoisotopic (exact) mass is 299 g/mol. The van der Waals surface area contributed by atoms with Crippen molar-refractivity contribution in [2.24, 2.45) is 0 Å². The van der Waals surface area contributed by atoms with Crippen LogP contribution in [0.4, 0.5) is 0 Å². The molecule has 5 nitrogen and oxygen atoms in total. The zero-order chi connectivity index (χ0) is 15.1. The van der Waals surface area contributed by atoms with Crippen LogP contribution in [0, 0.1) is 0 Å². The van der Waals surface area contributed by atoms with Gasteiger partial charge in [0.05, 0.1) is 25.2 Å². The van der Waals surface area contributed by atoms with E-state index in [0.717, 1.165) is 39.0 Å². The topological polar surface area (TPSA) is 59.0 Å². The lowest BCUT2D eigenvalue weighted by atomic mass is 9.96. The first-order valence-corrected chi connectivity index (χ1v) is 8.38. The van der Waals surface area contributed by atoms with Crippen molar-refractivity contribution < 1.29 is 19.4 Å². The summed E-state index contributed by atoms with van der Waals surface area (Å²) in [4.78, 5) is 13.1. The van der Waals surface area contributed by atoms with Crippen molar-refractivity contribution in [3.63, 3.8) is 0 Å². The molecule has 21 heavy (non-hydrogen) atoms. The van der Waals surface area contributed by atoms with Crippen LogP contribution in [0.25, 0.3) is 0 Å². The molecule has 0 radical (unpaired) electrons. The van der Waals surface area contributed by atoms with E-state index in [2.05, 4.69) is 11.8 Å². The Hall–Kier alpha value is -0.650. The highest BCUT2D eigenvalue weighted by Gasteiger charge is 2.30. The zero-order valence-corrected chi connectivity index (χ0v) is 13.1. The van der Waals surface area contributed by atoms with Crippen LogP contribution < -0.4 is 0 Å². The quantitative estimate of drug-likeness (QED) is 0.781. The molecule has 0 saturated carbocycles. The molecule has 2 rings (SSSR count). The van der Waals surface area contributed by atoms with Crippen molar-refractivity contribution in [3.05, 3.63) is 0 Å². The van der Waals surface area contributed by atoms with Crippen molar-refractivity contribution >= 4 is 5.97 Å². The predicted molar refractivity (Wildman–Crippen MR) is 80.5 cm³/mol. The number of piperidine rings is 1. The second kappa shape index (κ2) is 8.71. The number of ether oxygens (including phenoxy) is 2. The van der Waals surface area contributed by atoms with Gasteiger partial charge < -0.3 is 19.5 Å². The van der Waals surface area contributed by atoms with E-state index in [4.69, 9.17) is 14.6 Å². The molecule has 2 atom stereocenters. The lowest BCUT2D eigenvalue weighted by Gasteiger charge is -2.41. The highest BCUT2D eigenvalue weighted by Crippen LogP contribution is 2.25. The maximum Gasteiger partial charge on any atom is 0.305 e. The molecule has 0 aromatic heterocycles. The van der Waals surface area contributed by atoms with Gasteiger partial charge in [-0.3, -0.25) is 4.79 Å². The lowest BCUT2D eigenvalue weighted by Crippen LogP contribution is -2.47. The molecule has 0 spiro atoms. The maximum absolute atomic E-state index is 10.5. The Balaban J connectivity index is 1.67. The third kappa shape index (κ3) is 5.57. The second-order valence-corrected chi connectivity index (χ2v) is 6.21. The lowest BCUT2D eigenvalue weighted by molar-refractivity contribution is -0.139. The summed E-state index contributed by atoms with van der Waals surface area (Å²) < 4.78 is 11.5. The molecule has 2 aliphatic heterocycles. The number of rotatable bonds is 7. The van der Waals surface area contributed by atoms with Crippen LogP contribution in [0.1, 0.15) is 51.9 Å². The summed E-state index contributed by atoms with van der Waals surface area (Å²) in [5.74, 6) is -0.781. The van der Waals surface area contributed by atoms with Crippen LogP contribution in [0.15, 0.2) is 0 Å². The molecule has 0 aromatic rings. The third-order valence-corrected chi connectivity index (χ3v) is 4.61. The fourth-order valence-corrected chi connectivity index (χ4v) is 3.44. The van der Waals surface area contributed by atoms with Crippen molar-refractivity contribution in [2.45, 2.75) is 70.1 Å². The van der Waals surface area contributed by atoms with E-state index in [1.54, 1.807) is 0 Å². The molecule has 2 saturated heterocycles. The number of carboxylic acid groups (broad SMARTS) is 1. The average molecular weight is 299 g/mol. The number of carbonyl (C=O) groups is 1. The van der Waals surface area contributed by atoms with Gasteiger partial charge in [-0.25, -0.2) is 0 Å². The standard InChI is InChI=1S/C16H29NO4/c1-2-3-15-12-13(6-10-21-15)17-8-4-14(5-9-17)20-11-7-16(18)19/h13-15H,2-12H2,1H3,(H,18,19). The molecule has 122 valence electrons. The Labute approximate surface area is 127 Å². The second-order valence-electron chi connectivity index (χ2n) is 6.21. The first-order chi connectivity index (χ1) is 10.2. The Bertz CT molecular complexity index is 313. The van der Waals surface area contributed by atoms with Gasteiger partial charge in [0.25, 0.3) is 0 Å². The van der Waals surface area contributed by atoms with Gasteiger partial charge in [0.15, 0.2) is 0 Å². The smallest absolute Gasteiger partial charge is 0.305 e. The molecule has 0 amide bonds. The van der Waals surface area contributed by atoms with Crippen LogP contribution in [-0.4, -0.2) is 60.5 Å². The van der Waals surface area contributed by atoms with Crippen LogP contribution in [0.5, 0.6) is 0 Å². The Morgan fingerprint density at radius 2 is 2.10 bits per heavy atom. The Kier molecular flexibility index (Phi) is 6.93. The summed E-state index contributed by atoms with van der Waals surface area (Å²) in [7, 11) is 0. The van der Waals surface area contributed by atoms with E-state index >= 15 is 0 Å². The molecule has 5 heteroatoms. The summed E-state index contributed by atoms with van der Waals surface area (Å²) in [6.45, 7) is 5.59. The normalized spacial score (nSPS) is 28.6. The Morgan fingerprint density at radius 3 is 2.76 bits per heavy atom. The molecule has 2 fully saturated rings. The van der Waals surface area contributed by atoms with Crippen LogP contribution >= 0.6 is 0 Å². The molecule has 0 aromatic carbocycles. The van der Waals surface area contributed by atoms with Crippen molar-refractivity contribution in [1.29, 1.82) is 0 Å². The van der Waals surface area contributed by atoms with E-state index in [9.17, 15) is 4.79 Å². The van der Waals surface area contributed by atoms with Crippen LogP contribution in [-0.2, 0) is 14.3 Å². The van der Waals surface area contributed by atoms with E-state index < -0.39 is 5.97 Å². The number of nitrogens with zero attached hydrogens (tertiary/aromatic N) is 1. The Morgan fingerprint density at radius 1 is 1.33 bits per heavy atom. The molecule has 2 heterocycles. The van der Waals surface area contributed by atoms with E-state index in [0.29, 0.717) is 18.8 Å².